The van der Waals surface area contributed by atoms with Crippen molar-refractivity contribution in [3.8, 4) is 5.75 Å². The predicted molar refractivity (Wildman–Crippen MR) is 121 cm³/mol. The molecular formula is C26H32O8. The van der Waals surface area contributed by atoms with E-state index in [0.717, 1.165) is 6.08 Å². The highest BCUT2D eigenvalue weighted by Crippen LogP contribution is 2.33. The molecule has 8 nitrogen and oxygen atoms in total. The van der Waals surface area contributed by atoms with Gasteiger partial charge in [-0.1, -0.05) is 24.8 Å². The molecule has 2 saturated carbocycles. The van der Waals surface area contributed by atoms with Crippen LogP contribution in [0.15, 0.2) is 43.0 Å². The van der Waals surface area contributed by atoms with Gasteiger partial charge >= 0.3 is 23.9 Å². The highest BCUT2D eigenvalue weighted by Gasteiger charge is 2.34. The van der Waals surface area contributed by atoms with Gasteiger partial charge in [0, 0.05) is 6.08 Å². The molecule has 1 aromatic carbocycles. The van der Waals surface area contributed by atoms with Gasteiger partial charge in [0.25, 0.3) is 0 Å². The smallest absolute Gasteiger partial charge is 0.330 e. The van der Waals surface area contributed by atoms with Crippen LogP contribution in [0.5, 0.6) is 5.75 Å². The number of hydrogen-bond acceptors (Lipinski definition) is 8. The average molecular weight is 473 g/mol. The van der Waals surface area contributed by atoms with Crippen LogP contribution in [0.2, 0.25) is 0 Å². The van der Waals surface area contributed by atoms with Gasteiger partial charge < -0.3 is 18.9 Å². The largest absolute Gasteiger partial charge is 0.462 e. The summed E-state index contributed by atoms with van der Waals surface area (Å²) >= 11 is 0. The molecule has 0 heterocycles. The molecule has 1 aromatic rings. The number of carbonyl (C=O) groups is 4. The number of rotatable bonds is 9. The molecule has 2 aliphatic carbocycles. The monoisotopic (exact) mass is 472 g/mol. The van der Waals surface area contributed by atoms with E-state index in [9.17, 15) is 19.2 Å². The molecule has 0 atom stereocenters. The van der Waals surface area contributed by atoms with Crippen LogP contribution in [-0.2, 0) is 33.4 Å². The normalized spacial score (nSPS) is 24.4. The maximum Gasteiger partial charge on any atom is 0.330 e. The van der Waals surface area contributed by atoms with E-state index in [1.165, 1.54) is 0 Å². The molecule has 2 fully saturated rings. The fraction of sp³-hybridized carbons (Fsp3) is 0.538. The predicted octanol–water partition coefficient (Wildman–Crippen LogP) is 3.77. The van der Waals surface area contributed by atoms with Gasteiger partial charge in [-0.25, -0.2) is 4.79 Å². The third-order valence-corrected chi connectivity index (χ3v) is 6.38. The maximum absolute atomic E-state index is 12.6. The molecule has 34 heavy (non-hydrogen) atoms. The maximum atomic E-state index is 12.6. The van der Waals surface area contributed by atoms with Gasteiger partial charge in [-0.2, -0.15) is 0 Å². The molecule has 0 bridgehead atoms. The summed E-state index contributed by atoms with van der Waals surface area (Å²) in [5, 5.41) is 0. The molecule has 8 heteroatoms. The molecule has 0 unspecified atom stereocenters. The number of para-hydroxylation sites is 1. The highest BCUT2D eigenvalue weighted by atomic mass is 16.6. The van der Waals surface area contributed by atoms with Crippen molar-refractivity contribution in [3.05, 3.63) is 43.0 Å². The lowest BCUT2D eigenvalue weighted by atomic mass is 9.82. The Labute approximate surface area is 199 Å². The molecule has 0 N–H and O–H groups in total. The van der Waals surface area contributed by atoms with Crippen molar-refractivity contribution < 1.29 is 38.1 Å². The van der Waals surface area contributed by atoms with Crippen LogP contribution in [0, 0.1) is 17.8 Å². The van der Waals surface area contributed by atoms with Crippen molar-refractivity contribution in [2.24, 2.45) is 17.8 Å². The van der Waals surface area contributed by atoms with E-state index in [-0.39, 0.29) is 55.0 Å². The Morgan fingerprint density at radius 1 is 0.735 bits per heavy atom. The van der Waals surface area contributed by atoms with Gasteiger partial charge in [0.1, 0.15) is 25.1 Å². The number of esters is 4. The summed E-state index contributed by atoms with van der Waals surface area (Å²) in [5.74, 6) is -1.48. The average Bonchev–Trinajstić information content (AvgIpc) is 2.87. The topological polar surface area (TPSA) is 105 Å². The van der Waals surface area contributed by atoms with Crippen LogP contribution >= 0.6 is 0 Å². The third-order valence-electron chi connectivity index (χ3n) is 6.38. The van der Waals surface area contributed by atoms with E-state index in [2.05, 4.69) is 6.58 Å². The first-order chi connectivity index (χ1) is 16.5. The van der Waals surface area contributed by atoms with E-state index < -0.39 is 5.97 Å². The summed E-state index contributed by atoms with van der Waals surface area (Å²) in [4.78, 5) is 48.1. The summed E-state index contributed by atoms with van der Waals surface area (Å²) in [5.41, 5.74) is 0. The summed E-state index contributed by atoms with van der Waals surface area (Å²) in [6.07, 6.45) is 5.66. The van der Waals surface area contributed by atoms with Gasteiger partial charge in [0.15, 0.2) is 0 Å². The minimum absolute atomic E-state index is 0.00193. The lowest BCUT2D eigenvalue weighted by Crippen LogP contribution is -2.33. The second kappa shape index (κ2) is 12.9. The van der Waals surface area contributed by atoms with Crippen molar-refractivity contribution in [1.82, 2.24) is 0 Å². The Morgan fingerprint density at radius 2 is 1.26 bits per heavy atom. The van der Waals surface area contributed by atoms with Crippen molar-refractivity contribution in [2.45, 2.75) is 57.5 Å². The molecule has 0 saturated heterocycles. The van der Waals surface area contributed by atoms with Crippen molar-refractivity contribution in [3.63, 3.8) is 0 Å². The Balaban J connectivity index is 1.31. The first kappa shape index (κ1) is 25.5. The SMILES string of the molecule is C=CC(=O)OCCOC(=O)C1CCC(C(=O)OC2CCC(C(=O)Oc3ccccc3)CC2)CC1. The second-order valence-electron chi connectivity index (χ2n) is 8.73. The molecule has 184 valence electrons. The first-order valence-corrected chi connectivity index (χ1v) is 11.9. The minimum atomic E-state index is -0.560. The van der Waals surface area contributed by atoms with Gasteiger partial charge in [-0.05, 0) is 63.5 Å². The van der Waals surface area contributed by atoms with Crippen LogP contribution in [0.1, 0.15) is 51.4 Å². The molecule has 0 amide bonds. The Kier molecular flexibility index (Phi) is 9.67. The van der Waals surface area contributed by atoms with Crippen LogP contribution in [0.3, 0.4) is 0 Å². The van der Waals surface area contributed by atoms with Crippen LogP contribution in [-0.4, -0.2) is 43.2 Å². The third kappa shape index (κ3) is 7.71. The van der Waals surface area contributed by atoms with Gasteiger partial charge in [-0.15, -0.1) is 0 Å². The standard InChI is InChI=1S/C26H32O8/c1-2-23(27)31-16-17-32-24(28)18-8-10-19(11-9-18)25(29)34-22-14-12-20(13-15-22)26(30)33-21-6-4-3-5-7-21/h2-7,18-20,22H,1,8-17H2. The van der Waals surface area contributed by atoms with E-state index in [4.69, 9.17) is 18.9 Å². The van der Waals surface area contributed by atoms with Crippen molar-refractivity contribution in [2.75, 3.05) is 13.2 Å². The molecule has 0 spiro atoms. The van der Waals surface area contributed by atoms with Gasteiger partial charge in [-0.3, -0.25) is 14.4 Å². The number of carbonyl (C=O) groups excluding carboxylic acids is 4. The van der Waals surface area contributed by atoms with E-state index in [0.29, 0.717) is 57.1 Å². The molecule has 3 rings (SSSR count). The zero-order valence-electron chi connectivity index (χ0n) is 19.3. The number of benzene rings is 1. The Morgan fingerprint density at radius 3 is 1.88 bits per heavy atom. The Bertz CT molecular complexity index is 849. The zero-order chi connectivity index (χ0) is 24.3. The van der Waals surface area contributed by atoms with Crippen LogP contribution in [0.25, 0.3) is 0 Å². The summed E-state index contributed by atoms with van der Waals surface area (Å²) in [7, 11) is 0. The molecular weight excluding hydrogens is 440 g/mol. The van der Waals surface area contributed by atoms with Crippen molar-refractivity contribution >= 4 is 23.9 Å². The fourth-order valence-corrected chi connectivity index (χ4v) is 4.39. The second-order valence-corrected chi connectivity index (χ2v) is 8.73. The first-order valence-electron chi connectivity index (χ1n) is 11.9. The van der Waals surface area contributed by atoms with Crippen LogP contribution in [0.4, 0.5) is 0 Å². The van der Waals surface area contributed by atoms with Crippen LogP contribution < -0.4 is 4.74 Å². The fourth-order valence-electron chi connectivity index (χ4n) is 4.39. The quantitative estimate of drug-likeness (QED) is 0.176. The molecule has 2 aliphatic rings. The van der Waals surface area contributed by atoms with E-state index in [1.807, 2.05) is 18.2 Å². The summed E-state index contributed by atoms with van der Waals surface area (Å²) in [6.45, 7) is 3.28. The number of hydrogen-bond donors (Lipinski definition) is 0. The highest BCUT2D eigenvalue weighted by molar-refractivity contribution is 5.81. The summed E-state index contributed by atoms with van der Waals surface area (Å²) < 4.78 is 21.1. The van der Waals surface area contributed by atoms with Gasteiger partial charge in [0.2, 0.25) is 0 Å². The minimum Gasteiger partial charge on any atom is -0.462 e. The molecule has 0 aliphatic heterocycles. The molecule has 0 aromatic heterocycles. The number of ether oxygens (including phenoxy) is 4. The van der Waals surface area contributed by atoms with Crippen molar-refractivity contribution in [1.29, 1.82) is 0 Å². The summed E-state index contributed by atoms with van der Waals surface area (Å²) in [6, 6.07) is 9.00. The molecule has 0 radical (unpaired) electrons. The van der Waals surface area contributed by atoms with E-state index >= 15 is 0 Å². The lowest BCUT2D eigenvalue weighted by molar-refractivity contribution is -0.161. The van der Waals surface area contributed by atoms with Gasteiger partial charge in [0.05, 0.1) is 17.8 Å². The Hall–Kier alpha value is -3.16. The van der Waals surface area contributed by atoms with E-state index in [1.54, 1.807) is 12.1 Å². The zero-order valence-corrected chi connectivity index (χ0v) is 19.3. The lowest BCUT2D eigenvalue weighted by Gasteiger charge is -2.30.